The van der Waals surface area contributed by atoms with Crippen molar-refractivity contribution < 1.29 is 22.4 Å². The van der Waals surface area contributed by atoms with Gasteiger partial charge < -0.3 is 9.32 Å². The topological polar surface area (TPSA) is 33.5 Å². The smallest absolute Gasteiger partial charge is 0.253 e. The molecule has 1 aliphatic heterocycles. The number of amides is 1. The molecule has 3 aromatic carbocycles. The maximum Gasteiger partial charge on any atom is 0.253 e. The number of nitrogens with zero attached hydrogens (tertiary/aromatic N) is 1. The highest BCUT2D eigenvalue weighted by Crippen LogP contribution is 2.37. The zero-order chi connectivity index (χ0) is 24.7. The van der Waals surface area contributed by atoms with E-state index in [1.54, 1.807) is 24.3 Å². The summed E-state index contributed by atoms with van der Waals surface area (Å²) in [6.07, 6.45) is -0.0356. The number of halogens is 4. The molecule has 1 aliphatic rings. The normalized spacial score (nSPS) is 15.5. The lowest BCUT2D eigenvalue weighted by atomic mass is 9.95. The van der Waals surface area contributed by atoms with Gasteiger partial charge in [-0.3, -0.25) is 4.79 Å². The second-order valence-corrected chi connectivity index (χ2v) is 9.29. The van der Waals surface area contributed by atoms with Gasteiger partial charge in [0.15, 0.2) is 0 Å². The summed E-state index contributed by atoms with van der Waals surface area (Å²) in [4.78, 5) is 14.1. The number of likely N-dealkylation sites (tertiary alicyclic amines) is 1. The van der Waals surface area contributed by atoms with Gasteiger partial charge in [0.05, 0.1) is 0 Å². The van der Waals surface area contributed by atoms with E-state index in [1.807, 2.05) is 37.3 Å². The molecule has 7 heteroatoms. The van der Waals surface area contributed by atoms with Gasteiger partial charge in [-0.1, -0.05) is 36.7 Å². The molecule has 2 heterocycles. The number of furan rings is 1. The quantitative estimate of drug-likeness (QED) is 0.286. The molecule has 4 aromatic rings. The number of alkyl halides is 2. The summed E-state index contributed by atoms with van der Waals surface area (Å²) in [7, 11) is 0. The summed E-state index contributed by atoms with van der Waals surface area (Å²) < 4.78 is 48.3. The van der Waals surface area contributed by atoms with Gasteiger partial charge in [-0.25, -0.2) is 13.2 Å². The first kappa shape index (κ1) is 23.5. The molecular weight excluding hydrogens is 475 g/mol. The molecule has 0 saturated carbocycles. The van der Waals surface area contributed by atoms with E-state index >= 15 is 4.39 Å². The minimum Gasteiger partial charge on any atom is -0.460 e. The summed E-state index contributed by atoms with van der Waals surface area (Å²) >= 11 is 6.06. The molecule has 3 nitrogen and oxygen atoms in total. The third-order valence-corrected chi connectivity index (χ3v) is 6.73. The molecule has 180 valence electrons. The van der Waals surface area contributed by atoms with Crippen LogP contribution in [0.2, 0.25) is 5.02 Å². The van der Waals surface area contributed by atoms with E-state index in [9.17, 15) is 13.6 Å². The van der Waals surface area contributed by atoms with Crippen molar-refractivity contribution in [3.63, 3.8) is 0 Å². The van der Waals surface area contributed by atoms with Crippen LogP contribution >= 0.6 is 11.6 Å². The first-order valence-corrected chi connectivity index (χ1v) is 11.9. The summed E-state index contributed by atoms with van der Waals surface area (Å²) in [6, 6.07) is 17.3. The Morgan fingerprint density at radius 3 is 2.34 bits per heavy atom. The van der Waals surface area contributed by atoms with Crippen LogP contribution < -0.4 is 0 Å². The van der Waals surface area contributed by atoms with Gasteiger partial charge in [-0.15, -0.1) is 0 Å². The van der Waals surface area contributed by atoms with Crippen LogP contribution in [0.15, 0.2) is 65.1 Å². The predicted molar refractivity (Wildman–Crippen MR) is 132 cm³/mol. The predicted octanol–water partition coefficient (Wildman–Crippen LogP) is 7.99. The van der Waals surface area contributed by atoms with Crippen LogP contribution in [0, 0.1) is 5.82 Å². The lowest BCUT2D eigenvalue weighted by Gasteiger charge is -2.31. The van der Waals surface area contributed by atoms with Crippen LogP contribution in [-0.4, -0.2) is 29.8 Å². The average molecular weight is 498 g/mol. The number of fused-ring (bicyclic) bond motifs is 1. The number of benzene rings is 3. The Morgan fingerprint density at radius 2 is 1.69 bits per heavy atom. The van der Waals surface area contributed by atoms with E-state index in [2.05, 4.69) is 0 Å². The summed E-state index contributed by atoms with van der Waals surface area (Å²) in [5.41, 5.74) is 3.52. The minimum atomic E-state index is -2.75. The van der Waals surface area contributed by atoms with Crippen molar-refractivity contribution in [2.75, 3.05) is 13.1 Å². The number of aryl methyl sites for hydroxylation is 1. The summed E-state index contributed by atoms with van der Waals surface area (Å²) in [6.45, 7) is 1.91. The van der Waals surface area contributed by atoms with Gasteiger partial charge in [0, 0.05) is 59.5 Å². The molecule has 5 rings (SSSR count). The lowest BCUT2D eigenvalue weighted by molar-refractivity contribution is -0.0494. The Bertz CT molecular complexity index is 1400. The largest absolute Gasteiger partial charge is 0.460 e. The van der Waals surface area contributed by atoms with Gasteiger partial charge in [-0.05, 0) is 53.6 Å². The Balaban J connectivity index is 1.52. The fourth-order valence-corrected chi connectivity index (χ4v) is 4.61. The number of carbonyl (C=O) groups is 1. The highest BCUT2D eigenvalue weighted by Gasteiger charge is 2.35. The van der Waals surface area contributed by atoms with Crippen LogP contribution in [0.3, 0.4) is 0 Å². The standard InChI is InChI=1S/C28H23ClF3NO2/c1-2-22-14-20-13-19(15-24(26(20)35-22)17-3-6-21(29)7-4-17)23-8-5-18(16-25(23)30)27(34)33-11-9-28(31,32)10-12-33/h3-8,13-16H,2,9-12H2,1H3. The van der Waals surface area contributed by atoms with Crippen molar-refractivity contribution in [2.24, 2.45) is 0 Å². The van der Waals surface area contributed by atoms with Crippen molar-refractivity contribution >= 4 is 28.5 Å². The van der Waals surface area contributed by atoms with Crippen molar-refractivity contribution in [1.82, 2.24) is 4.90 Å². The monoisotopic (exact) mass is 497 g/mol. The van der Waals surface area contributed by atoms with Crippen molar-refractivity contribution in [1.29, 1.82) is 0 Å². The molecule has 0 unspecified atom stereocenters. The Labute approximate surface area is 206 Å². The second-order valence-electron chi connectivity index (χ2n) is 8.86. The fourth-order valence-electron chi connectivity index (χ4n) is 4.48. The molecule has 1 amide bonds. The molecule has 0 radical (unpaired) electrons. The van der Waals surface area contributed by atoms with E-state index in [-0.39, 0.29) is 31.5 Å². The molecule has 0 aliphatic carbocycles. The number of hydrogen-bond donors (Lipinski definition) is 0. The van der Waals surface area contributed by atoms with E-state index in [0.29, 0.717) is 21.7 Å². The molecule has 1 fully saturated rings. The minimum absolute atomic E-state index is 0.0451. The molecule has 0 N–H and O–H groups in total. The Morgan fingerprint density at radius 1 is 0.971 bits per heavy atom. The maximum absolute atomic E-state index is 15.3. The van der Waals surface area contributed by atoms with Gasteiger partial charge in [0.2, 0.25) is 0 Å². The Hall–Kier alpha value is -3.25. The zero-order valence-electron chi connectivity index (χ0n) is 19.1. The van der Waals surface area contributed by atoms with Crippen LogP contribution in [0.4, 0.5) is 13.2 Å². The van der Waals surface area contributed by atoms with Gasteiger partial charge in [0.25, 0.3) is 11.8 Å². The third-order valence-electron chi connectivity index (χ3n) is 6.48. The van der Waals surface area contributed by atoms with Crippen LogP contribution in [-0.2, 0) is 6.42 Å². The number of hydrogen-bond acceptors (Lipinski definition) is 2. The van der Waals surface area contributed by atoms with E-state index in [1.165, 1.54) is 11.0 Å². The highest BCUT2D eigenvalue weighted by molar-refractivity contribution is 6.30. The van der Waals surface area contributed by atoms with Crippen LogP contribution in [0.5, 0.6) is 0 Å². The number of rotatable bonds is 4. The highest BCUT2D eigenvalue weighted by atomic mass is 35.5. The third kappa shape index (κ3) is 4.67. The summed E-state index contributed by atoms with van der Waals surface area (Å²) in [5.74, 6) is -2.93. The SMILES string of the molecule is CCc1cc2cc(-c3ccc(C(=O)N4CCC(F)(F)CC4)cc3F)cc(-c3ccc(Cl)cc3)c2o1. The molecule has 0 atom stereocenters. The molecule has 35 heavy (non-hydrogen) atoms. The van der Waals surface area contributed by atoms with E-state index in [0.717, 1.165) is 28.7 Å². The van der Waals surface area contributed by atoms with Crippen LogP contribution in [0.25, 0.3) is 33.2 Å². The average Bonchev–Trinajstić information content (AvgIpc) is 3.27. The first-order valence-electron chi connectivity index (χ1n) is 11.5. The fraction of sp³-hybridized carbons (Fsp3) is 0.250. The second kappa shape index (κ2) is 9.08. The van der Waals surface area contributed by atoms with Crippen molar-refractivity contribution in [3.8, 4) is 22.3 Å². The molecule has 1 aromatic heterocycles. The molecule has 0 bridgehead atoms. The number of carbonyl (C=O) groups excluding carboxylic acids is 1. The van der Waals surface area contributed by atoms with Gasteiger partial charge in [-0.2, -0.15) is 0 Å². The van der Waals surface area contributed by atoms with Crippen LogP contribution in [0.1, 0.15) is 35.9 Å². The van der Waals surface area contributed by atoms with E-state index < -0.39 is 17.6 Å². The van der Waals surface area contributed by atoms with Gasteiger partial charge >= 0.3 is 0 Å². The van der Waals surface area contributed by atoms with E-state index in [4.69, 9.17) is 16.0 Å². The van der Waals surface area contributed by atoms with Gasteiger partial charge in [0.1, 0.15) is 17.2 Å². The summed E-state index contributed by atoms with van der Waals surface area (Å²) in [5, 5.41) is 1.46. The Kier molecular flexibility index (Phi) is 6.09. The molecule has 0 spiro atoms. The molecule has 1 saturated heterocycles. The first-order chi connectivity index (χ1) is 16.7. The number of piperidine rings is 1. The lowest BCUT2D eigenvalue weighted by Crippen LogP contribution is -2.42. The zero-order valence-corrected chi connectivity index (χ0v) is 19.8. The molecular formula is C28H23ClF3NO2. The van der Waals surface area contributed by atoms with Crippen molar-refractivity contribution in [3.05, 3.63) is 82.8 Å². The maximum atomic E-state index is 15.3. The van der Waals surface area contributed by atoms with Crippen molar-refractivity contribution in [2.45, 2.75) is 32.1 Å².